The van der Waals surface area contributed by atoms with Crippen molar-refractivity contribution in [3.63, 3.8) is 0 Å². The van der Waals surface area contributed by atoms with E-state index >= 15 is 0 Å². The predicted molar refractivity (Wildman–Crippen MR) is 58.7 cm³/mol. The SMILES string of the molecule is CN1Cc2ccc(C(=O)O)cc2N(C)C1=O. The second-order valence-electron chi connectivity index (χ2n) is 3.85. The second kappa shape index (κ2) is 3.52. The van der Waals surface area contributed by atoms with E-state index < -0.39 is 5.97 Å². The third-order valence-corrected chi connectivity index (χ3v) is 2.71. The summed E-state index contributed by atoms with van der Waals surface area (Å²) in [6.07, 6.45) is 0. The lowest BCUT2D eigenvalue weighted by Gasteiger charge is -2.32. The average molecular weight is 220 g/mol. The maximum Gasteiger partial charge on any atom is 0.335 e. The molecule has 1 aliphatic heterocycles. The van der Waals surface area contributed by atoms with Crippen LogP contribution < -0.4 is 4.90 Å². The van der Waals surface area contributed by atoms with Crippen molar-refractivity contribution in [2.75, 3.05) is 19.0 Å². The first-order valence-corrected chi connectivity index (χ1v) is 4.85. The third kappa shape index (κ3) is 1.50. The van der Waals surface area contributed by atoms with E-state index in [0.717, 1.165) is 5.56 Å². The molecule has 2 rings (SSSR count). The Bertz CT molecular complexity index is 470. The van der Waals surface area contributed by atoms with E-state index in [1.165, 1.54) is 11.0 Å². The van der Waals surface area contributed by atoms with Crippen LogP contribution in [-0.2, 0) is 6.54 Å². The third-order valence-electron chi connectivity index (χ3n) is 2.71. The highest BCUT2D eigenvalue weighted by Gasteiger charge is 2.25. The van der Waals surface area contributed by atoms with Gasteiger partial charge in [0.1, 0.15) is 0 Å². The van der Waals surface area contributed by atoms with Gasteiger partial charge in [-0.05, 0) is 17.7 Å². The molecule has 16 heavy (non-hydrogen) atoms. The van der Waals surface area contributed by atoms with Crippen LogP contribution in [-0.4, -0.2) is 36.1 Å². The molecule has 5 nitrogen and oxygen atoms in total. The minimum Gasteiger partial charge on any atom is -0.478 e. The zero-order valence-electron chi connectivity index (χ0n) is 9.10. The number of hydrogen-bond acceptors (Lipinski definition) is 2. The molecule has 0 saturated carbocycles. The fourth-order valence-electron chi connectivity index (χ4n) is 1.83. The number of amides is 2. The van der Waals surface area contributed by atoms with E-state index in [1.54, 1.807) is 31.1 Å². The highest BCUT2D eigenvalue weighted by molar-refractivity contribution is 5.96. The number of aromatic carboxylic acids is 1. The van der Waals surface area contributed by atoms with Crippen LogP contribution in [0.2, 0.25) is 0 Å². The number of fused-ring (bicyclic) bond motifs is 1. The van der Waals surface area contributed by atoms with Crippen LogP contribution in [0.4, 0.5) is 10.5 Å². The summed E-state index contributed by atoms with van der Waals surface area (Å²) in [5, 5.41) is 8.88. The van der Waals surface area contributed by atoms with E-state index in [-0.39, 0.29) is 11.6 Å². The molecule has 5 heteroatoms. The molecule has 0 spiro atoms. The van der Waals surface area contributed by atoms with Gasteiger partial charge in [0.25, 0.3) is 0 Å². The molecule has 0 aromatic heterocycles. The minimum absolute atomic E-state index is 0.130. The lowest BCUT2D eigenvalue weighted by Crippen LogP contribution is -2.42. The largest absolute Gasteiger partial charge is 0.478 e. The van der Waals surface area contributed by atoms with Crippen molar-refractivity contribution >= 4 is 17.7 Å². The first kappa shape index (κ1) is 10.5. The van der Waals surface area contributed by atoms with Crippen LogP contribution in [0, 0.1) is 0 Å². The lowest BCUT2D eigenvalue weighted by atomic mass is 10.1. The number of rotatable bonds is 1. The second-order valence-corrected chi connectivity index (χ2v) is 3.85. The fourth-order valence-corrected chi connectivity index (χ4v) is 1.83. The summed E-state index contributed by atoms with van der Waals surface area (Å²) in [5.41, 5.74) is 1.82. The van der Waals surface area contributed by atoms with Crippen molar-refractivity contribution in [3.05, 3.63) is 29.3 Å². The van der Waals surface area contributed by atoms with Crippen molar-refractivity contribution in [1.82, 2.24) is 4.90 Å². The topological polar surface area (TPSA) is 60.9 Å². The van der Waals surface area contributed by atoms with Gasteiger partial charge in [-0.2, -0.15) is 0 Å². The number of carbonyl (C=O) groups is 2. The highest BCUT2D eigenvalue weighted by Crippen LogP contribution is 2.27. The van der Waals surface area contributed by atoms with Crippen LogP contribution in [0.25, 0.3) is 0 Å². The molecule has 1 aliphatic rings. The predicted octanol–water partition coefficient (Wildman–Crippen LogP) is 1.39. The Labute approximate surface area is 92.9 Å². The lowest BCUT2D eigenvalue weighted by molar-refractivity contribution is 0.0697. The Balaban J connectivity index is 2.50. The van der Waals surface area contributed by atoms with Crippen LogP contribution in [0.15, 0.2) is 18.2 Å². The Kier molecular flexibility index (Phi) is 2.30. The first-order valence-electron chi connectivity index (χ1n) is 4.85. The van der Waals surface area contributed by atoms with Gasteiger partial charge in [-0.25, -0.2) is 9.59 Å². The minimum atomic E-state index is -0.984. The molecule has 0 unspecified atom stereocenters. The van der Waals surface area contributed by atoms with Gasteiger partial charge in [0.15, 0.2) is 0 Å². The van der Waals surface area contributed by atoms with Crippen LogP contribution in [0.3, 0.4) is 0 Å². The van der Waals surface area contributed by atoms with Crippen molar-refractivity contribution in [3.8, 4) is 0 Å². The number of benzene rings is 1. The Morgan fingerprint density at radius 3 is 2.69 bits per heavy atom. The van der Waals surface area contributed by atoms with Gasteiger partial charge in [0.05, 0.1) is 11.3 Å². The standard InChI is InChI=1S/C11H12N2O3/c1-12-6-8-4-3-7(10(14)15)5-9(8)13(2)11(12)16/h3-5H,6H2,1-2H3,(H,14,15). The highest BCUT2D eigenvalue weighted by atomic mass is 16.4. The number of carboxylic acids is 1. The molecule has 0 radical (unpaired) electrons. The molecule has 0 atom stereocenters. The molecule has 1 aromatic carbocycles. The van der Waals surface area contributed by atoms with Crippen molar-refractivity contribution in [1.29, 1.82) is 0 Å². The first-order chi connectivity index (χ1) is 7.50. The van der Waals surface area contributed by atoms with Gasteiger partial charge in [0, 0.05) is 20.6 Å². The molecule has 1 N–H and O–H groups in total. The summed E-state index contributed by atoms with van der Waals surface area (Å²) in [4.78, 5) is 25.5. The molecule has 84 valence electrons. The number of carboxylic acid groups (broad SMARTS) is 1. The van der Waals surface area contributed by atoms with E-state index in [0.29, 0.717) is 12.2 Å². The fraction of sp³-hybridized carbons (Fsp3) is 0.273. The van der Waals surface area contributed by atoms with E-state index in [9.17, 15) is 9.59 Å². The van der Waals surface area contributed by atoms with Crippen LogP contribution in [0.5, 0.6) is 0 Å². The number of anilines is 1. The molecule has 2 amide bonds. The Morgan fingerprint density at radius 1 is 1.38 bits per heavy atom. The van der Waals surface area contributed by atoms with Crippen molar-refractivity contribution < 1.29 is 14.7 Å². The molecule has 1 aromatic rings. The summed E-state index contributed by atoms with van der Waals surface area (Å²) in [5.74, 6) is -0.984. The summed E-state index contributed by atoms with van der Waals surface area (Å²) >= 11 is 0. The Hall–Kier alpha value is -2.04. The maximum atomic E-state index is 11.7. The normalized spacial score (nSPS) is 15.0. The molecule has 0 fully saturated rings. The van der Waals surface area contributed by atoms with E-state index in [4.69, 9.17) is 5.11 Å². The van der Waals surface area contributed by atoms with Gasteiger partial charge in [0.2, 0.25) is 0 Å². The van der Waals surface area contributed by atoms with Crippen molar-refractivity contribution in [2.24, 2.45) is 0 Å². The molecule has 1 heterocycles. The van der Waals surface area contributed by atoms with Crippen LogP contribution >= 0.6 is 0 Å². The van der Waals surface area contributed by atoms with Crippen molar-refractivity contribution in [2.45, 2.75) is 6.54 Å². The summed E-state index contributed by atoms with van der Waals surface area (Å²) in [6, 6.07) is 4.70. The monoisotopic (exact) mass is 220 g/mol. The van der Waals surface area contributed by atoms with Gasteiger partial charge >= 0.3 is 12.0 Å². The zero-order chi connectivity index (χ0) is 11.9. The molecular formula is C11H12N2O3. The maximum absolute atomic E-state index is 11.7. The average Bonchev–Trinajstić information content (AvgIpc) is 2.25. The van der Waals surface area contributed by atoms with E-state index in [2.05, 4.69) is 0 Å². The molecule has 0 aliphatic carbocycles. The van der Waals surface area contributed by atoms with Gasteiger partial charge in [-0.15, -0.1) is 0 Å². The molecule has 0 saturated heterocycles. The molecule has 0 bridgehead atoms. The number of nitrogens with zero attached hydrogens (tertiary/aromatic N) is 2. The number of urea groups is 1. The summed E-state index contributed by atoms with van der Waals surface area (Å²) in [6.45, 7) is 0.512. The summed E-state index contributed by atoms with van der Waals surface area (Å²) < 4.78 is 0. The number of carbonyl (C=O) groups excluding carboxylic acids is 1. The smallest absolute Gasteiger partial charge is 0.335 e. The Morgan fingerprint density at radius 2 is 2.06 bits per heavy atom. The van der Waals surface area contributed by atoms with Gasteiger partial charge < -0.3 is 10.0 Å². The summed E-state index contributed by atoms with van der Waals surface area (Å²) in [7, 11) is 3.36. The van der Waals surface area contributed by atoms with Crippen LogP contribution in [0.1, 0.15) is 15.9 Å². The quantitative estimate of drug-likeness (QED) is 0.777. The molecular weight excluding hydrogens is 208 g/mol. The zero-order valence-corrected chi connectivity index (χ0v) is 9.10. The van der Waals surface area contributed by atoms with Gasteiger partial charge in [-0.3, -0.25) is 4.90 Å². The van der Waals surface area contributed by atoms with E-state index in [1.807, 2.05) is 0 Å². The van der Waals surface area contributed by atoms with Gasteiger partial charge in [-0.1, -0.05) is 6.07 Å². The number of hydrogen-bond donors (Lipinski definition) is 1.